The van der Waals surface area contributed by atoms with E-state index in [1.165, 1.54) is 44.8 Å². The highest BCUT2D eigenvalue weighted by atomic mass is 15.0. The molecule has 0 unspecified atom stereocenters. The minimum Gasteiger partial charge on any atom is -0.376 e. The molecule has 158 valence electrons. The van der Waals surface area contributed by atoms with Crippen LogP contribution in [-0.4, -0.2) is 0 Å². The molecule has 0 atom stereocenters. The van der Waals surface area contributed by atoms with Gasteiger partial charge in [0, 0.05) is 11.4 Å². The number of nitrogens with one attached hydrogen (secondary N) is 2. The molecule has 2 heteroatoms. The van der Waals surface area contributed by atoms with Gasteiger partial charge in [0.2, 0.25) is 0 Å². The molecule has 0 radical (unpaired) electrons. The molecule has 3 rings (SSSR count). The smallest absolute Gasteiger partial charge is 0.0569 e. The fourth-order valence-corrected chi connectivity index (χ4v) is 4.10. The van der Waals surface area contributed by atoms with Crippen molar-refractivity contribution in [2.45, 2.75) is 66.5 Å². The van der Waals surface area contributed by atoms with Crippen LogP contribution in [0.2, 0.25) is 0 Å². The maximum absolute atomic E-state index is 3.77. The Morgan fingerprint density at radius 3 is 1.00 bits per heavy atom. The maximum Gasteiger partial charge on any atom is 0.0569 e. The first kappa shape index (κ1) is 22.0. The lowest BCUT2D eigenvalue weighted by Crippen LogP contribution is -2.30. The van der Waals surface area contributed by atoms with E-state index in [9.17, 15) is 0 Å². The lowest BCUT2D eigenvalue weighted by Gasteiger charge is -2.33. The summed E-state index contributed by atoms with van der Waals surface area (Å²) in [5, 5.41) is 7.54. The molecule has 0 saturated heterocycles. The van der Waals surface area contributed by atoms with Crippen LogP contribution < -0.4 is 10.6 Å². The van der Waals surface area contributed by atoms with E-state index in [4.69, 9.17) is 0 Å². The van der Waals surface area contributed by atoms with Crippen LogP contribution in [0.4, 0.5) is 11.4 Å². The Morgan fingerprint density at radius 1 is 0.467 bits per heavy atom. The Balaban J connectivity index is 1.84. The zero-order valence-electron chi connectivity index (χ0n) is 19.8. The fraction of sp³-hybridized carbons (Fsp3) is 0.357. The molecule has 3 aromatic rings. The van der Waals surface area contributed by atoms with Crippen molar-refractivity contribution in [1.29, 1.82) is 0 Å². The Morgan fingerprint density at radius 2 is 0.733 bits per heavy atom. The number of hydrogen-bond donors (Lipinski definition) is 2. The van der Waals surface area contributed by atoms with E-state index in [1.54, 1.807) is 0 Å². The van der Waals surface area contributed by atoms with Gasteiger partial charge in [0.25, 0.3) is 0 Å². The summed E-state index contributed by atoms with van der Waals surface area (Å²) in [5.41, 5.74) is 9.77. The number of para-hydroxylation sites is 2. The van der Waals surface area contributed by atoms with Crippen molar-refractivity contribution in [3.63, 3.8) is 0 Å². The van der Waals surface area contributed by atoms with Gasteiger partial charge in [-0.1, -0.05) is 60.7 Å². The highest BCUT2D eigenvalue weighted by molar-refractivity contribution is 5.60. The summed E-state index contributed by atoms with van der Waals surface area (Å²) in [5.74, 6) is 0. The molecule has 2 nitrogen and oxygen atoms in total. The van der Waals surface area contributed by atoms with E-state index in [0.717, 1.165) is 0 Å². The minimum atomic E-state index is -0.167. The van der Waals surface area contributed by atoms with Gasteiger partial charge in [-0.2, -0.15) is 0 Å². The third-order valence-electron chi connectivity index (χ3n) is 6.17. The molecule has 0 aliphatic carbocycles. The lowest BCUT2D eigenvalue weighted by molar-refractivity contribution is 0.594. The van der Waals surface area contributed by atoms with E-state index in [2.05, 4.69) is 127 Å². The van der Waals surface area contributed by atoms with Gasteiger partial charge in [-0.25, -0.2) is 0 Å². The minimum absolute atomic E-state index is 0.167. The second kappa shape index (κ2) is 8.18. The summed E-state index contributed by atoms with van der Waals surface area (Å²) in [6.07, 6.45) is 0. The van der Waals surface area contributed by atoms with Crippen LogP contribution in [0, 0.1) is 27.7 Å². The third kappa shape index (κ3) is 4.53. The number of hydrogen-bond acceptors (Lipinski definition) is 2. The van der Waals surface area contributed by atoms with E-state index in [0.29, 0.717) is 0 Å². The number of aryl methyl sites for hydroxylation is 4. The largest absolute Gasteiger partial charge is 0.376 e. The first-order chi connectivity index (χ1) is 14.0. The molecule has 30 heavy (non-hydrogen) atoms. The summed E-state index contributed by atoms with van der Waals surface area (Å²) < 4.78 is 0. The Kier molecular flexibility index (Phi) is 5.99. The zero-order valence-corrected chi connectivity index (χ0v) is 19.8. The van der Waals surface area contributed by atoms with Crippen molar-refractivity contribution < 1.29 is 0 Å². The van der Waals surface area contributed by atoms with Crippen molar-refractivity contribution in [1.82, 2.24) is 0 Å². The topological polar surface area (TPSA) is 24.1 Å². The second-order valence-electron chi connectivity index (χ2n) is 9.61. The number of benzene rings is 3. The van der Waals surface area contributed by atoms with Crippen LogP contribution in [0.5, 0.6) is 0 Å². The highest BCUT2D eigenvalue weighted by Gasteiger charge is 2.25. The predicted octanol–water partition coefficient (Wildman–Crippen LogP) is 7.61. The van der Waals surface area contributed by atoms with Crippen molar-refractivity contribution in [3.05, 3.63) is 94.0 Å². The van der Waals surface area contributed by atoms with Gasteiger partial charge < -0.3 is 10.6 Å². The fourth-order valence-electron chi connectivity index (χ4n) is 4.10. The van der Waals surface area contributed by atoms with E-state index in [1.807, 2.05) is 0 Å². The molecular weight excluding hydrogens is 364 g/mol. The van der Waals surface area contributed by atoms with Crippen molar-refractivity contribution in [3.8, 4) is 0 Å². The molecule has 0 aliphatic heterocycles. The van der Waals surface area contributed by atoms with Gasteiger partial charge in [-0.3, -0.25) is 0 Å². The second-order valence-corrected chi connectivity index (χ2v) is 9.61. The van der Waals surface area contributed by atoms with Gasteiger partial charge in [0.15, 0.2) is 0 Å². The zero-order chi connectivity index (χ0) is 22.1. The standard InChI is InChI=1S/C28H36N2/c1-19-11-9-12-20(2)25(19)29-27(5,6)23-15-17-24(18-16-23)28(7,8)30-26-21(3)13-10-14-22(26)4/h9-18,29-30H,1-8H3. The molecule has 0 saturated carbocycles. The highest BCUT2D eigenvalue weighted by Crippen LogP contribution is 2.33. The van der Waals surface area contributed by atoms with Crippen LogP contribution in [0.25, 0.3) is 0 Å². The van der Waals surface area contributed by atoms with Crippen LogP contribution in [0.15, 0.2) is 60.7 Å². The molecule has 0 fully saturated rings. The quantitative estimate of drug-likeness (QED) is 0.445. The van der Waals surface area contributed by atoms with Crippen LogP contribution >= 0.6 is 0 Å². The predicted molar refractivity (Wildman–Crippen MR) is 132 cm³/mol. The van der Waals surface area contributed by atoms with Gasteiger partial charge in [-0.15, -0.1) is 0 Å². The van der Waals surface area contributed by atoms with Gasteiger partial charge in [0.05, 0.1) is 11.1 Å². The Labute approximate surface area is 182 Å². The summed E-state index contributed by atoms with van der Waals surface area (Å²) >= 11 is 0. The van der Waals surface area contributed by atoms with Gasteiger partial charge in [0.1, 0.15) is 0 Å². The molecule has 0 aromatic heterocycles. The van der Waals surface area contributed by atoms with Crippen LogP contribution in [0.3, 0.4) is 0 Å². The van der Waals surface area contributed by atoms with E-state index < -0.39 is 0 Å². The summed E-state index contributed by atoms with van der Waals surface area (Å²) in [6, 6.07) is 21.9. The molecule has 0 bridgehead atoms. The van der Waals surface area contributed by atoms with Crippen LogP contribution in [0.1, 0.15) is 61.1 Å². The summed E-state index contributed by atoms with van der Waals surface area (Å²) in [4.78, 5) is 0. The van der Waals surface area contributed by atoms with Crippen molar-refractivity contribution in [2.24, 2.45) is 0 Å². The molecule has 3 aromatic carbocycles. The molecule has 0 amide bonds. The summed E-state index contributed by atoms with van der Waals surface area (Å²) in [7, 11) is 0. The summed E-state index contributed by atoms with van der Waals surface area (Å²) in [6.45, 7) is 17.6. The SMILES string of the molecule is Cc1cccc(C)c1NC(C)(C)c1ccc(C(C)(C)Nc2c(C)cccc2C)cc1. The number of anilines is 2. The van der Waals surface area contributed by atoms with Crippen molar-refractivity contribution in [2.75, 3.05) is 10.6 Å². The third-order valence-corrected chi connectivity index (χ3v) is 6.17. The molecule has 0 heterocycles. The molecular formula is C28H36N2. The molecule has 2 N–H and O–H groups in total. The maximum atomic E-state index is 3.77. The average Bonchev–Trinajstić information content (AvgIpc) is 2.68. The Bertz CT molecular complexity index is 902. The molecule has 0 spiro atoms. The average molecular weight is 401 g/mol. The normalized spacial score (nSPS) is 12.0. The van der Waals surface area contributed by atoms with E-state index >= 15 is 0 Å². The van der Waals surface area contributed by atoms with E-state index in [-0.39, 0.29) is 11.1 Å². The first-order valence-corrected chi connectivity index (χ1v) is 10.8. The Hall–Kier alpha value is -2.74. The lowest BCUT2D eigenvalue weighted by atomic mass is 9.88. The van der Waals surface area contributed by atoms with Crippen LogP contribution in [-0.2, 0) is 11.1 Å². The molecule has 0 aliphatic rings. The first-order valence-electron chi connectivity index (χ1n) is 10.8. The van der Waals surface area contributed by atoms with Gasteiger partial charge >= 0.3 is 0 Å². The van der Waals surface area contributed by atoms with Crippen molar-refractivity contribution >= 4 is 11.4 Å². The number of rotatable bonds is 6. The monoisotopic (exact) mass is 400 g/mol. The van der Waals surface area contributed by atoms with Gasteiger partial charge in [-0.05, 0) is 88.8 Å².